The van der Waals surface area contributed by atoms with Crippen molar-refractivity contribution in [3.8, 4) is 5.75 Å². The molecule has 18 heavy (non-hydrogen) atoms. The Balaban J connectivity index is 2.73. The summed E-state index contributed by atoms with van der Waals surface area (Å²) in [4.78, 5) is 1.99. The van der Waals surface area contributed by atoms with Crippen LogP contribution in [0.1, 0.15) is 16.7 Å². The van der Waals surface area contributed by atoms with E-state index in [2.05, 4.69) is 12.1 Å². The first kappa shape index (κ1) is 15.0. The number of aliphatic hydroxyl groups is 2. The third-order valence-corrected chi connectivity index (χ3v) is 2.91. The van der Waals surface area contributed by atoms with Crippen LogP contribution in [0.2, 0.25) is 0 Å². The lowest BCUT2D eigenvalue weighted by Gasteiger charge is -2.20. The predicted molar refractivity (Wildman–Crippen MR) is 71.9 cm³/mol. The summed E-state index contributed by atoms with van der Waals surface area (Å²) >= 11 is 0. The molecule has 0 radical (unpaired) electrons. The highest BCUT2D eigenvalue weighted by Crippen LogP contribution is 2.24. The number of hydrogen-bond acceptors (Lipinski definition) is 4. The molecular weight excluding hydrogens is 230 g/mol. The number of benzene rings is 1. The van der Waals surface area contributed by atoms with Crippen molar-refractivity contribution >= 4 is 0 Å². The summed E-state index contributed by atoms with van der Waals surface area (Å²) in [6.07, 6.45) is -0.685. The van der Waals surface area contributed by atoms with Gasteiger partial charge in [-0.15, -0.1) is 0 Å². The van der Waals surface area contributed by atoms with Crippen molar-refractivity contribution in [1.82, 2.24) is 4.90 Å². The first-order valence-corrected chi connectivity index (χ1v) is 6.09. The van der Waals surface area contributed by atoms with E-state index in [9.17, 15) is 5.11 Å². The summed E-state index contributed by atoms with van der Waals surface area (Å²) in [5.41, 5.74) is 3.41. The monoisotopic (exact) mass is 253 g/mol. The molecule has 0 amide bonds. The largest absolute Gasteiger partial charge is 0.496 e. The molecular formula is C14H23NO3. The standard InChI is InChI=1S/C14H23NO3/c1-10-5-12(6-11(2)14(10)18-4)7-15(3)8-13(17)9-16/h5-6,13,16-17H,7-9H2,1-4H3. The Kier molecular flexibility index (Phi) is 5.59. The van der Waals surface area contributed by atoms with Gasteiger partial charge in [0.25, 0.3) is 0 Å². The zero-order valence-corrected chi connectivity index (χ0v) is 11.6. The molecule has 1 rings (SSSR count). The molecule has 0 aromatic heterocycles. The molecule has 0 aliphatic rings. The molecule has 0 aliphatic carbocycles. The molecule has 0 aliphatic heterocycles. The first-order valence-electron chi connectivity index (χ1n) is 6.09. The van der Waals surface area contributed by atoms with E-state index in [0.717, 1.165) is 23.4 Å². The van der Waals surface area contributed by atoms with E-state index in [4.69, 9.17) is 9.84 Å². The highest BCUT2D eigenvalue weighted by Gasteiger charge is 2.10. The number of rotatable bonds is 6. The Morgan fingerprint density at radius 1 is 1.28 bits per heavy atom. The number of ether oxygens (including phenoxy) is 1. The van der Waals surface area contributed by atoms with Crippen LogP contribution in [-0.4, -0.2) is 48.5 Å². The minimum absolute atomic E-state index is 0.203. The van der Waals surface area contributed by atoms with Gasteiger partial charge >= 0.3 is 0 Å². The second-order valence-corrected chi connectivity index (χ2v) is 4.80. The summed E-state index contributed by atoms with van der Waals surface area (Å²) in [5, 5.41) is 18.2. The van der Waals surface area contributed by atoms with E-state index in [1.165, 1.54) is 5.56 Å². The molecule has 0 saturated carbocycles. The topological polar surface area (TPSA) is 52.9 Å². The van der Waals surface area contributed by atoms with Crippen molar-refractivity contribution in [1.29, 1.82) is 0 Å². The number of nitrogens with zero attached hydrogens (tertiary/aromatic N) is 1. The van der Waals surface area contributed by atoms with E-state index in [1.807, 2.05) is 25.8 Å². The number of likely N-dealkylation sites (N-methyl/N-ethyl adjacent to an activating group) is 1. The average Bonchev–Trinajstić information content (AvgIpc) is 2.28. The lowest BCUT2D eigenvalue weighted by atomic mass is 10.1. The van der Waals surface area contributed by atoms with Gasteiger partial charge in [-0.1, -0.05) is 12.1 Å². The molecule has 0 fully saturated rings. The molecule has 2 N–H and O–H groups in total. The van der Waals surface area contributed by atoms with Crippen LogP contribution in [0.5, 0.6) is 5.75 Å². The zero-order chi connectivity index (χ0) is 13.7. The minimum Gasteiger partial charge on any atom is -0.496 e. The van der Waals surface area contributed by atoms with Crippen molar-refractivity contribution < 1.29 is 14.9 Å². The number of methoxy groups -OCH3 is 1. The Morgan fingerprint density at radius 2 is 1.83 bits per heavy atom. The molecule has 1 unspecified atom stereocenters. The van der Waals surface area contributed by atoms with E-state index in [1.54, 1.807) is 7.11 Å². The molecule has 102 valence electrons. The van der Waals surface area contributed by atoms with E-state index in [0.29, 0.717) is 6.54 Å². The van der Waals surface area contributed by atoms with Crippen molar-refractivity contribution in [2.45, 2.75) is 26.5 Å². The Bertz CT molecular complexity index is 370. The highest BCUT2D eigenvalue weighted by molar-refractivity contribution is 5.43. The maximum Gasteiger partial charge on any atom is 0.124 e. The summed E-state index contributed by atoms with van der Waals surface area (Å²) in [6.45, 7) is 5.05. The lowest BCUT2D eigenvalue weighted by Crippen LogP contribution is -2.31. The van der Waals surface area contributed by atoms with Gasteiger partial charge in [-0.25, -0.2) is 0 Å². The van der Waals surface area contributed by atoms with Crippen molar-refractivity contribution in [2.24, 2.45) is 0 Å². The summed E-state index contributed by atoms with van der Waals surface area (Å²) < 4.78 is 5.33. The van der Waals surface area contributed by atoms with Gasteiger partial charge in [-0.05, 0) is 37.6 Å². The Labute approximate surface area is 109 Å². The second-order valence-electron chi connectivity index (χ2n) is 4.80. The SMILES string of the molecule is COc1c(C)cc(CN(C)CC(O)CO)cc1C. The average molecular weight is 253 g/mol. The van der Waals surface area contributed by atoms with Gasteiger partial charge in [-0.2, -0.15) is 0 Å². The fourth-order valence-corrected chi connectivity index (χ4v) is 2.25. The maximum absolute atomic E-state index is 9.39. The van der Waals surface area contributed by atoms with Crippen LogP contribution >= 0.6 is 0 Å². The third kappa shape index (κ3) is 3.98. The minimum atomic E-state index is -0.685. The normalized spacial score (nSPS) is 12.8. The fraction of sp³-hybridized carbons (Fsp3) is 0.571. The number of aryl methyl sites for hydroxylation is 2. The van der Waals surface area contributed by atoms with Crippen molar-refractivity contribution in [3.63, 3.8) is 0 Å². The molecule has 1 aromatic rings. The van der Waals surface area contributed by atoms with Gasteiger partial charge in [-0.3, -0.25) is 4.90 Å². The van der Waals surface area contributed by atoms with Crippen LogP contribution in [0.25, 0.3) is 0 Å². The van der Waals surface area contributed by atoms with Gasteiger partial charge in [0.2, 0.25) is 0 Å². The molecule has 4 heteroatoms. The van der Waals surface area contributed by atoms with Crippen LogP contribution in [0.15, 0.2) is 12.1 Å². The van der Waals surface area contributed by atoms with E-state index < -0.39 is 6.10 Å². The van der Waals surface area contributed by atoms with Gasteiger partial charge < -0.3 is 14.9 Å². The van der Waals surface area contributed by atoms with Crippen molar-refractivity contribution in [3.05, 3.63) is 28.8 Å². The van der Waals surface area contributed by atoms with E-state index in [-0.39, 0.29) is 6.61 Å². The summed E-state index contributed by atoms with van der Waals surface area (Å²) in [5.74, 6) is 0.928. The molecule has 0 saturated heterocycles. The number of aliphatic hydroxyl groups excluding tert-OH is 2. The second kappa shape index (κ2) is 6.73. The first-order chi connectivity index (χ1) is 8.47. The van der Waals surface area contributed by atoms with Crippen LogP contribution in [0, 0.1) is 13.8 Å². The van der Waals surface area contributed by atoms with E-state index >= 15 is 0 Å². The summed E-state index contributed by atoms with van der Waals surface area (Å²) in [6, 6.07) is 4.18. The quantitative estimate of drug-likeness (QED) is 0.797. The third-order valence-electron chi connectivity index (χ3n) is 2.91. The van der Waals surface area contributed by atoms with Crippen LogP contribution in [0.4, 0.5) is 0 Å². The predicted octanol–water partition coefficient (Wildman–Crippen LogP) is 1.10. The molecule has 0 spiro atoms. The smallest absolute Gasteiger partial charge is 0.124 e. The lowest BCUT2D eigenvalue weighted by molar-refractivity contribution is 0.0648. The summed E-state index contributed by atoms with van der Waals surface area (Å²) in [7, 11) is 3.60. The Morgan fingerprint density at radius 3 is 2.28 bits per heavy atom. The van der Waals surface area contributed by atoms with Gasteiger partial charge in [0, 0.05) is 13.1 Å². The van der Waals surface area contributed by atoms with Crippen molar-refractivity contribution in [2.75, 3.05) is 27.3 Å². The molecule has 4 nitrogen and oxygen atoms in total. The fourth-order valence-electron chi connectivity index (χ4n) is 2.25. The molecule has 0 heterocycles. The van der Waals surface area contributed by atoms with Gasteiger partial charge in [0.1, 0.15) is 5.75 Å². The van der Waals surface area contributed by atoms with Crippen LogP contribution in [-0.2, 0) is 6.54 Å². The Hall–Kier alpha value is -1.10. The van der Waals surface area contributed by atoms with Crippen LogP contribution < -0.4 is 4.74 Å². The molecule has 1 atom stereocenters. The zero-order valence-electron chi connectivity index (χ0n) is 11.6. The maximum atomic E-state index is 9.39. The van der Waals surface area contributed by atoms with Gasteiger partial charge in [0.05, 0.1) is 19.8 Å². The van der Waals surface area contributed by atoms with Gasteiger partial charge in [0.15, 0.2) is 0 Å². The molecule has 1 aromatic carbocycles. The molecule has 0 bridgehead atoms. The highest BCUT2D eigenvalue weighted by atomic mass is 16.5. The van der Waals surface area contributed by atoms with Crippen LogP contribution in [0.3, 0.4) is 0 Å². The number of hydrogen-bond donors (Lipinski definition) is 2.